The summed E-state index contributed by atoms with van der Waals surface area (Å²) in [6.07, 6.45) is 4.78. The van der Waals surface area contributed by atoms with Crippen LogP contribution < -0.4 is 5.32 Å². The smallest absolute Gasteiger partial charge is 0.407 e. The molecule has 172 valence electrons. The largest absolute Gasteiger partial charge is 0.446 e. The highest BCUT2D eigenvalue weighted by Gasteiger charge is 2.60. The highest BCUT2D eigenvalue weighted by molar-refractivity contribution is 5.77. The zero-order chi connectivity index (χ0) is 21.9. The highest BCUT2D eigenvalue weighted by Crippen LogP contribution is 2.61. The molecule has 0 bridgehead atoms. The molecule has 3 aliphatic rings. The van der Waals surface area contributed by atoms with Crippen LogP contribution in [-0.2, 0) is 9.53 Å². The van der Waals surface area contributed by atoms with E-state index in [1.807, 2.05) is 18.7 Å². The Balaban J connectivity index is 1.78. The van der Waals surface area contributed by atoms with Gasteiger partial charge in [0.25, 0.3) is 0 Å². The maximum Gasteiger partial charge on any atom is 0.407 e. The van der Waals surface area contributed by atoms with Gasteiger partial charge in [0.05, 0.1) is 12.7 Å². The van der Waals surface area contributed by atoms with Gasteiger partial charge in [-0.05, 0) is 62.2 Å². The summed E-state index contributed by atoms with van der Waals surface area (Å²) in [6.45, 7) is 8.28. The Morgan fingerprint density at radius 3 is 2.50 bits per heavy atom. The molecule has 30 heavy (non-hydrogen) atoms. The fraction of sp³-hybridized carbons (Fsp3) is 0.913. The summed E-state index contributed by atoms with van der Waals surface area (Å²) in [6, 6.07) is 0. The van der Waals surface area contributed by atoms with Crippen molar-refractivity contribution < 1.29 is 24.5 Å². The predicted molar refractivity (Wildman–Crippen MR) is 114 cm³/mol. The molecule has 0 aromatic carbocycles. The first-order valence-corrected chi connectivity index (χ1v) is 11.8. The lowest BCUT2D eigenvalue weighted by Gasteiger charge is -2.60. The van der Waals surface area contributed by atoms with E-state index >= 15 is 0 Å². The van der Waals surface area contributed by atoms with Gasteiger partial charge in [-0.1, -0.05) is 20.8 Å². The molecule has 7 nitrogen and oxygen atoms in total. The molecular weight excluding hydrogens is 384 g/mol. The number of hydrogen-bond donors (Lipinski definition) is 3. The summed E-state index contributed by atoms with van der Waals surface area (Å²) in [5.74, 6) is 0.0824. The Kier molecular flexibility index (Phi) is 7.33. The number of rotatable bonds is 6. The van der Waals surface area contributed by atoms with Crippen molar-refractivity contribution in [3.63, 3.8) is 0 Å². The van der Waals surface area contributed by atoms with Crippen molar-refractivity contribution in [3.8, 4) is 0 Å². The van der Waals surface area contributed by atoms with Crippen LogP contribution in [0, 0.1) is 22.7 Å². The molecular formula is C23H40N2O5. The van der Waals surface area contributed by atoms with Crippen LogP contribution in [0.15, 0.2) is 0 Å². The molecule has 3 N–H and O–H groups in total. The average Bonchev–Trinajstić information content (AvgIpc) is 3.26. The number of fused-ring (bicyclic) bond motifs is 1. The first-order chi connectivity index (χ1) is 14.3. The second-order valence-electron chi connectivity index (χ2n) is 10.1. The van der Waals surface area contributed by atoms with E-state index in [-0.39, 0.29) is 35.9 Å². The van der Waals surface area contributed by atoms with Gasteiger partial charge in [-0.3, -0.25) is 4.79 Å². The lowest BCUT2D eigenvalue weighted by molar-refractivity contribution is -0.187. The lowest BCUT2D eigenvalue weighted by Crippen LogP contribution is -2.61. The van der Waals surface area contributed by atoms with Crippen LogP contribution >= 0.6 is 0 Å². The number of likely N-dealkylation sites (tertiary alicyclic amines) is 1. The van der Waals surface area contributed by atoms with Crippen molar-refractivity contribution in [2.45, 2.75) is 84.3 Å². The van der Waals surface area contributed by atoms with E-state index in [2.05, 4.69) is 12.2 Å². The Hall–Kier alpha value is -1.34. The number of amides is 2. The van der Waals surface area contributed by atoms with Gasteiger partial charge >= 0.3 is 6.09 Å². The van der Waals surface area contributed by atoms with Gasteiger partial charge in [-0.25, -0.2) is 4.79 Å². The van der Waals surface area contributed by atoms with E-state index in [1.54, 1.807) is 0 Å². The molecule has 7 heteroatoms. The summed E-state index contributed by atoms with van der Waals surface area (Å²) >= 11 is 0. The number of ether oxygens (including phenoxy) is 1. The minimum Gasteiger partial charge on any atom is -0.446 e. The summed E-state index contributed by atoms with van der Waals surface area (Å²) in [5.41, 5.74) is -0.865. The Bertz CT molecular complexity index is 623. The summed E-state index contributed by atoms with van der Waals surface area (Å²) < 4.78 is 5.77. The molecule has 3 fully saturated rings. The van der Waals surface area contributed by atoms with Crippen LogP contribution in [-0.4, -0.2) is 65.6 Å². The van der Waals surface area contributed by atoms with Gasteiger partial charge in [-0.15, -0.1) is 0 Å². The summed E-state index contributed by atoms with van der Waals surface area (Å²) in [7, 11) is 0. The van der Waals surface area contributed by atoms with Crippen molar-refractivity contribution in [1.29, 1.82) is 0 Å². The quantitative estimate of drug-likeness (QED) is 0.609. The first-order valence-electron chi connectivity index (χ1n) is 11.8. The van der Waals surface area contributed by atoms with Crippen molar-refractivity contribution in [1.82, 2.24) is 10.2 Å². The number of aliphatic hydroxyl groups is 2. The van der Waals surface area contributed by atoms with Crippen LogP contribution in [0.1, 0.15) is 72.1 Å². The third kappa shape index (κ3) is 4.33. The third-order valence-corrected chi connectivity index (χ3v) is 8.30. The number of nitrogens with zero attached hydrogens (tertiary/aromatic N) is 1. The molecule has 1 aliphatic heterocycles. The van der Waals surface area contributed by atoms with Gasteiger partial charge in [-0.2, -0.15) is 0 Å². The molecule has 2 amide bonds. The van der Waals surface area contributed by atoms with Gasteiger partial charge in [0.15, 0.2) is 0 Å². The number of carbonyl (C=O) groups is 2. The van der Waals surface area contributed by atoms with Crippen LogP contribution in [0.3, 0.4) is 0 Å². The normalized spacial score (nSPS) is 38.8. The molecule has 2 aliphatic carbocycles. The Morgan fingerprint density at radius 2 is 1.87 bits per heavy atom. The van der Waals surface area contributed by atoms with Gasteiger partial charge in [0, 0.05) is 31.5 Å². The van der Waals surface area contributed by atoms with Crippen LogP contribution in [0.2, 0.25) is 0 Å². The molecule has 2 saturated carbocycles. The molecule has 3 rings (SSSR count). The molecule has 0 radical (unpaired) electrons. The van der Waals surface area contributed by atoms with Crippen molar-refractivity contribution in [2.24, 2.45) is 22.7 Å². The van der Waals surface area contributed by atoms with Crippen molar-refractivity contribution >= 4 is 12.0 Å². The minimum absolute atomic E-state index is 0.0764. The second-order valence-corrected chi connectivity index (χ2v) is 10.1. The SMILES string of the molecule is CCCNC(=O)O[C@@H]1CC[C@]2(C)[C@@H](CC[C@@H](O)[C@H]2CC(=O)N2CCCC2)[C@]1(C)CO. The third-order valence-electron chi connectivity index (χ3n) is 8.30. The summed E-state index contributed by atoms with van der Waals surface area (Å²) in [5, 5.41) is 24.1. The van der Waals surface area contributed by atoms with Crippen LogP contribution in [0.4, 0.5) is 4.79 Å². The van der Waals surface area contributed by atoms with E-state index in [0.717, 1.165) is 45.2 Å². The van der Waals surface area contributed by atoms with E-state index in [1.165, 1.54) is 0 Å². The fourth-order valence-electron chi connectivity index (χ4n) is 6.46. The molecule has 0 unspecified atom stereocenters. The molecule has 1 saturated heterocycles. The minimum atomic E-state index is -0.592. The maximum atomic E-state index is 12.9. The maximum absolute atomic E-state index is 12.9. The van der Waals surface area contributed by atoms with E-state index < -0.39 is 17.6 Å². The highest BCUT2D eigenvalue weighted by atomic mass is 16.6. The molecule has 0 spiro atoms. The molecule has 1 heterocycles. The van der Waals surface area contributed by atoms with Gasteiger partial charge in [0.2, 0.25) is 5.91 Å². The standard InChI is InChI=1S/C23H40N2O5/c1-4-11-24-21(29)30-19-9-10-22(2)16(14-20(28)25-12-5-6-13-25)17(27)7-8-18(22)23(19,3)15-26/h16-19,26-27H,4-15H2,1-3H3,(H,24,29)/t16-,17-,18-,19-,22+,23+/m1/s1. The average molecular weight is 425 g/mol. The second kappa shape index (κ2) is 9.43. The van der Waals surface area contributed by atoms with E-state index in [9.17, 15) is 19.8 Å². The zero-order valence-corrected chi connectivity index (χ0v) is 18.9. The van der Waals surface area contributed by atoms with Crippen LogP contribution in [0.25, 0.3) is 0 Å². The Morgan fingerprint density at radius 1 is 1.17 bits per heavy atom. The van der Waals surface area contributed by atoms with Crippen molar-refractivity contribution in [2.75, 3.05) is 26.2 Å². The number of nitrogens with one attached hydrogen (secondary N) is 1. The number of aliphatic hydroxyl groups excluding tert-OH is 2. The molecule has 6 atom stereocenters. The topological polar surface area (TPSA) is 99.1 Å². The Labute approximate surface area is 180 Å². The fourth-order valence-corrected chi connectivity index (χ4v) is 6.46. The van der Waals surface area contributed by atoms with Gasteiger partial charge < -0.3 is 25.2 Å². The summed E-state index contributed by atoms with van der Waals surface area (Å²) in [4.78, 5) is 27.1. The van der Waals surface area contributed by atoms with E-state index in [0.29, 0.717) is 25.8 Å². The van der Waals surface area contributed by atoms with Crippen LogP contribution in [0.5, 0.6) is 0 Å². The van der Waals surface area contributed by atoms with E-state index in [4.69, 9.17) is 4.74 Å². The lowest BCUT2D eigenvalue weighted by atomic mass is 9.46. The first kappa shape index (κ1) is 23.3. The molecule has 0 aromatic heterocycles. The predicted octanol–water partition coefficient (Wildman–Crippen LogP) is 2.69. The number of carbonyl (C=O) groups excluding carboxylic acids is 2. The molecule has 0 aromatic rings. The van der Waals surface area contributed by atoms with Crippen molar-refractivity contribution in [3.05, 3.63) is 0 Å². The number of alkyl carbamates (subject to hydrolysis) is 1. The number of hydrogen-bond acceptors (Lipinski definition) is 5. The monoisotopic (exact) mass is 424 g/mol. The van der Waals surface area contributed by atoms with Gasteiger partial charge in [0.1, 0.15) is 6.10 Å². The zero-order valence-electron chi connectivity index (χ0n) is 18.9.